The van der Waals surface area contributed by atoms with Crippen LogP contribution in [0.4, 0.5) is 0 Å². The molecule has 0 bridgehead atoms. The van der Waals surface area contributed by atoms with Crippen LogP contribution in [-0.2, 0) is 4.79 Å². The van der Waals surface area contributed by atoms with E-state index in [1.54, 1.807) is 5.57 Å². The molecule has 0 aromatic rings. The number of hydrogen-bond donors (Lipinski definition) is 0. The Balaban J connectivity index is 1.77. The maximum Gasteiger partial charge on any atom is 0.130 e. The Hall–Kier alpha value is -0.850. The van der Waals surface area contributed by atoms with Crippen LogP contribution in [0, 0.1) is 58.7 Å². The second kappa shape index (κ2) is 10.4. The fourth-order valence-electron chi connectivity index (χ4n) is 8.79. The van der Waals surface area contributed by atoms with Crippen molar-refractivity contribution in [3.8, 4) is 0 Å². The zero-order valence-electron chi connectivity index (χ0n) is 22.6. The first-order valence-electron chi connectivity index (χ1n) is 14.6. The number of carbonyl (C=O) groups is 1. The van der Waals surface area contributed by atoms with Crippen LogP contribution >= 0.6 is 0 Å². The van der Waals surface area contributed by atoms with Crippen molar-refractivity contribution >= 4 is 6.29 Å². The summed E-state index contributed by atoms with van der Waals surface area (Å²) in [5.41, 5.74) is 3.04. The molecule has 2 fully saturated rings. The molecule has 0 heterocycles. The Morgan fingerprint density at radius 1 is 0.909 bits per heavy atom. The zero-order valence-corrected chi connectivity index (χ0v) is 22.6. The molecule has 8 unspecified atom stereocenters. The van der Waals surface area contributed by atoms with Gasteiger partial charge in [0.15, 0.2) is 0 Å². The molecule has 0 N–H and O–H groups in total. The molecule has 0 saturated heterocycles. The molecule has 0 radical (unpaired) electrons. The van der Waals surface area contributed by atoms with Crippen molar-refractivity contribution in [2.45, 2.75) is 112 Å². The molecule has 4 aliphatic carbocycles. The topological polar surface area (TPSA) is 17.1 Å². The molecule has 0 aliphatic heterocycles. The predicted octanol–water partition coefficient (Wildman–Crippen LogP) is 9.04. The highest BCUT2D eigenvalue weighted by molar-refractivity contribution is 5.68. The summed E-state index contributed by atoms with van der Waals surface area (Å²) >= 11 is 0. The van der Waals surface area contributed by atoms with Gasteiger partial charge in [0.2, 0.25) is 0 Å². The fourth-order valence-corrected chi connectivity index (χ4v) is 8.79. The third-order valence-electron chi connectivity index (χ3n) is 10.7. The lowest BCUT2D eigenvalue weighted by Gasteiger charge is -2.51. The second-order valence-corrected chi connectivity index (χ2v) is 13.5. The Kier molecular flexibility index (Phi) is 7.97. The van der Waals surface area contributed by atoms with Crippen molar-refractivity contribution in [2.24, 2.45) is 58.7 Å². The summed E-state index contributed by atoms with van der Waals surface area (Å²) in [4.78, 5) is 13.1. The van der Waals surface area contributed by atoms with Gasteiger partial charge in [0.25, 0.3) is 0 Å². The van der Waals surface area contributed by atoms with Gasteiger partial charge >= 0.3 is 0 Å². The van der Waals surface area contributed by atoms with Crippen LogP contribution < -0.4 is 0 Å². The van der Waals surface area contributed by atoms with Gasteiger partial charge in [0.1, 0.15) is 6.29 Å². The van der Waals surface area contributed by atoms with Crippen LogP contribution in [0.15, 0.2) is 23.3 Å². The van der Waals surface area contributed by atoms with E-state index >= 15 is 0 Å². The Morgan fingerprint density at radius 3 is 2.18 bits per heavy atom. The lowest BCUT2D eigenvalue weighted by molar-refractivity contribution is -0.119. The predicted molar refractivity (Wildman–Crippen MR) is 141 cm³/mol. The molecular formula is C32H52O. The fraction of sp³-hybridized carbons (Fsp3) is 0.844. The van der Waals surface area contributed by atoms with E-state index in [2.05, 4.69) is 53.7 Å². The van der Waals surface area contributed by atoms with Crippen molar-refractivity contribution in [2.75, 3.05) is 0 Å². The van der Waals surface area contributed by atoms with Crippen molar-refractivity contribution < 1.29 is 4.79 Å². The third-order valence-corrected chi connectivity index (χ3v) is 10.7. The number of allylic oxidation sites excluding steroid dienone is 4. The van der Waals surface area contributed by atoms with E-state index in [0.717, 1.165) is 54.8 Å². The maximum absolute atomic E-state index is 13.1. The molecule has 33 heavy (non-hydrogen) atoms. The van der Waals surface area contributed by atoms with Crippen molar-refractivity contribution in [3.63, 3.8) is 0 Å². The van der Waals surface area contributed by atoms with Gasteiger partial charge in [-0.2, -0.15) is 0 Å². The van der Waals surface area contributed by atoms with E-state index in [-0.39, 0.29) is 5.41 Å². The van der Waals surface area contributed by atoms with Crippen molar-refractivity contribution in [3.05, 3.63) is 23.3 Å². The highest BCUT2D eigenvalue weighted by Gasteiger charge is 2.51. The normalized spacial score (nSPS) is 42.4. The molecule has 186 valence electrons. The van der Waals surface area contributed by atoms with E-state index in [4.69, 9.17) is 0 Å². The first kappa shape index (κ1) is 25.2. The number of hydrogen-bond acceptors (Lipinski definition) is 1. The van der Waals surface area contributed by atoms with Crippen molar-refractivity contribution in [1.82, 2.24) is 0 Å². The summed E-state index contributed by atoms with van der Waals surface area (Å²) in [6.07, 6.45) is 20.7. The molecule has 0 aromatic carbocycles. The average Bonchev–Trinajstić information content (AvgIpc) is 3.33. The van der Waals surface area contributed by atoms with Crippen LogP contribution in [0.25, 0.3) is 0 Å². The van der Waals surface area contributed by atoms with Gasteiger partial charge in [-0.3, -0.25) is 0 Å². The standard InChI is InChI=1S/C32H52O/c1-21(2)27-13-11-23(5)17-29(27)25-15-16-32(20-33,26-9-7-8-10-26)31(19-25)30-18-24(6)12-14-28(30)22(3)4/h9,19-24,27-31H,7-8,10-18H2,1-6H3. The monoisotopic (exact) mass is 452 g/mol. The van der Waals surface area contributed by atoms with Gasteiger partial charge in [-0.25, -0.2) is 0 Å². The Labute approximate surface area is 205 Å². The smallest absolute Gasteiger partial charge is 0.130 e. The van der Waals surface area contributed by atoms with Gasteiger partial charge in [-0.1, -0.05) is 77.7 Å². The van der Waals surface area contributed by atoms with Crippen molar-refractivity contribution in [1.29, 1.82) is 0 Å². The van der Waals surface area contributed by atoms with Crippen LogP contribution in [0.1, 0.15) is 112 Å². The lowest BCUT2D eigenvalue weighted by Crippen LogP contribution is -2.45. The van der Waals surface area contributed by atoms with E-state index in [9.17, 15) is 4.79 Å². The number of rotatable bonds is 6. The molecule has 8 atom stereocenters. The highest BCUT2D eigenvalue weighted by Crippen LogP contribution is 2.57. The summed E-state index contributed by atoms with van der Waals surface area (Å²) in [6.45, 7) is 14.7. The summed E-state index contributed by atoms with van der Waals surface area (Å²) in [6, 6.07) is 0. The Morgan fingerprint density at radius 2 is 1.58 bits per heavy atom. The molecule has 0 aromatic heterocycles. The molecule has 0 spiro atoms. The minimum Gasteiger partial charge on any atom is -0.302 e. The average molecular weight is 453 g/mol. The van der Waals surface area contributed by atoms with E-state index in [1.165, 1.54) is 63.2 Å². The van der Waals surface area contributed by atoms with Gasteiger partial charge in [0, 0.05) is 0 Å². The Bertz CT molecular complexity index is 742. The van der Waals surface area contributed by atoms with Gasteiger partial charge < -0.3 is 4.79 Å². The number of carbonyl (C=O) groups excluding carboxylic acids is 1. The van der Waals surface area contributed by atoms with Crippen LogP contribution in [-0.4, -0.2) is 6.29 Å². The molecule has 4 aliphatic rings. The van der Waals surface area contributed by atoms with Gasteiger partial charge in [0.05, 0.1) is 5.41 Å². The highest BCUT2D eigenvalue weighted by atomic mass is 16.1. The quantitative estimate of drug-likeness (QED) is 0.290. The summed E-state index contributed by atoms with van der Waals surface area (Å²) in [7, 11) is 0. The van der Waals surface area contributed by atoms with E-state index in [0.29, 0.717) is 17.8 Å². The largest absolute Gasteiger partial charge is 0.302 e. The summed E-state index contributed by atoms with van der Waals surface area (Å²) in [5, 5.41) is 0. The summed E-state index contributed by atoms with van der Waals surface area (Å²) in [5.74, 6) is 6.52. The minimum absolute atomic E-state index is 0.220. The van der Waals surface area contributed by atoms with E-state index < -0.39 is 0 Å². The first-order valence-corrected chi connectivity index (χ1v) is 14.6. The minimum atomic E-state index is -0.220. The lowest BCUT2D eigenvalue weighted by atomic mass is 9.52. The SMILES string of the molecule is CC1CCC(C(C)C)C(C2=CC(C3CC(C)CCC3C(C)C)C(C=O)(C3=CCCC3)CC2)C1. The van der Waals surface area contributed by atoms with Gasteiger partial charge in [-0.05, 0) is 111 Å². The molecular weight excluding hydrogens is 400 g/mol. The third kappa shape index (κ3) is 4.95. The molecule has 2 saturated carbocycles. The van der Waals surface area contributed by atoms with E-state index in [1.807, 2.05) is 0 Å². The second-order valence-electron chi connectivity index (χ2n) is 13.5. The molecule has 1 heteroatoms. The molecule has 0 amide bonds. The van der Waals surface area contributed by atoms with Gasteiger partial charge in [-0.15, -0.1) is 0 Å². The molecule has 4 rings (SSSR count). The van der Waals surface area contributed by atoms with Crippen LogP contribution in [0.3, 0.4) is 0 Å². The van der Waals surface area contributed by atoms with Crippen LogP contribution in [0.2, 0.25) is 0 Å². The number of aldehydes is 1. The maximum atomic E-state index is 13.1. The first-order chi connectivity index (χ1) is 15.8. The van der Waals surface area contributed by atoms with Crippen LogP contribution in [0.5, 0.6) is 0 Å². The molecule has 1 nitrogen and oxygen atoms in total. The zero-order chi connectivity index (χ0) is 23.8. The summed E-state index contributed by atoms with van der Waals surface area (Å²) < 4.78 is 0.